The van der Waals surface area contributed by atoms with Crippen LogP contribution in [0.4, 0.5) is 0 Å². The summed E-state index contributed by atoms with van der Waals surface area (Å²) < 4.78 is 25.6. The molecule has 0 aromatic carbocycles. The minimum absolute atomic E-state index is 0.163. The number of nitrogens with one attached hydrogen (secondary N) is 1. The van der Waals surface area contributed by atoms with E-state index in [-0.39, 0.29) is 4.21 Å². The first-order chi connectivity index (χ1) is 6.84. The van der Waals surface area contributed by atoms with Gasteiger partial charge in [-0.05, 0) is 30.9 Å². The zero-order valence-electron chi connectivity index (χ0n) is 8.22. The van der Waals surface area contributed by atoms with E-state index in [9.17, 15) is 13.2 Å². The highest BCUT2D eigenvalue weighted by Gasteiger charge is 2.23. The van der Waals surface area contributed by atoms with Gasteiger partial charge in [-0.15, -0.1) is 11.3 Å². The Kier molecular flexibility index (Phi) is 3.48. The Morgan fingerprint density at radius 1 is 1.60 bits per heavy atom. The molecule has 0 unspecified atom stereocenters. The standard InChI is InChI=1S/C8H11NO4S2/c1-5-3-4-14-8(5)15(12,13)9-6(2)7(10)11/h3-4,6,9H,1-2H3,(H,10,11)/t6-/m0/s1. The van der Waals surface area contributed by atoms with Crippen LogP contribution in [0.3, 0.4) is 0 Å². The quantitative estimate of drug-likeness (QED) is 0.827. The monoisotopic (exact) mass is 249 g/mol. The van der Waals surface area contributed by atoms with E-state index in [1.165, 1.54) is 6.92 Å². The lowest BCUT2D eigenvalue weighted by molar-refractivity contribution is -0.138. The molecule has 0 aliphatic carbocycles. The molecule has 0 radical (unpaired) electrons. The molecule has 1 atom stereocenters. The number of carbonyl (C=O) groups is 1. The predicted octanol–water partition coefficient (Wildman–Crippen LogP) is 0.808. The van der Waals surface area contributed by atoms with Gasteiger partial charge in [0.25, 0.3) is 10.0 Å². The fraction of sp³-hybridized carbons (Fsp3) is 0.375. The second-order valence-corrected chi connectivity index (χ2v) is 5.90. The minimum atomic E-state index is -3.70. The largest absolute Gasteiger partial charge is 0.480 e. The summed E-state index contributed by atoms with van der Waals surface area (Å²) in [6.07, 6.45) is 0. The van der Waals surface area contributed by atoms with Gasteiger partial charge in [-0.3, -0.25) is 4.79 Å². The van der Waals surface area contributed by atoms with Gasteiger partial charge in [0.2, 0.25) is 0 Å². The summed E-state index contributed by atoms with van der Waals surface area (Å²) >= 11 is 1.07. The molecule has 0 saturated carbocycles. The molecule has 0 saturated heterocycles. The SMILES string of the molecule is Cc1ccsc1S(=O)(=O)N[C@@H](C)C(=O)O. The van der Waals surface area contributed by atoms with E-state index in [2.05, 4.69) is 4.72 Å². The van der Waals surface area contributed by atoms with Crippen molar-refractivity contribution in [2.75, 3.05) is 0 Å². The number of thiophene rings is 1. The van der Waals surface area contributed by atoms with Crippen LogP contribution < -0.4 is 4.72 Å². The predicted molar refractivity (Wildman–Crippen MR) is 56.5 cm³/mol. The van der Waals surface area contributed by atoms with Crippen LogP contribution in [0.5, 0.6) is 0 Å². The van der Waals surface area contributed by atoms with Gasteiger partial charge < -0.3 is 5.11 Å². The zero-order valence-corrected chi connectivity index (χ0v) is 9.85. The normalized spacial score (nSPS) is 13.7. The molecule has 7 heteroatoms. The third kappa shape index (κ3) is 2.77. The Hall–Kier alpha value is -0.920. The molecule has 1 aromatic heterocycles. The van der Waals surface area contributed by atoms with Crippen molar-refractivity contribution in [3.8, 4) is 0 Å². The van der Waals surface area contributed by atoms with Gasteiger partial charge in [0, 0.05) is 0 Å². The molecule has 84 valence electrons. The first-order valence-corrected chi connectivity index (χ1v) is 6.50. The number of rotatable bonds is 4. The summed E-state index contributed by atoms with van der Waals surface area (Å²) in [5.41, 5.74) is 0.616. The molecule has 0 amide bonds. The molecule has 5 nitrogen and oxygen atoms in total. The fourth-order valence-corrected chi connectivity index (χ4v) is 3.60. The summed E-state index contributed by atoms with van der Waals surface area (Å²) in [7, 11) is -3.70. The van der Waals surface area contributed by atoms with Crippen molar-refractivity contribution in [3.05, 3.63) is 17.0 Å². The Morgan fingerprint density at radius 2 is 2.20 bits per heavy atom. The highest BCUT2D eigenvalue weighted by atomic mass is 32.2. The Labute approximate surface area is 91.8 Å². The number of aliphatic carboxylic acids is 1. The highest BCUT2D eigenvalue weighted by molar-refractivity contribution is 7.91. The van der Waals surface area contributed by atoms with E-state index in [1.54, 1.807) is 18.4 Å². The van der Waals surface area contributed by atoms with Crippen molar-refractivity contribution in [1.29, 1.82) is 0 Å². The molecule has 0 spiro atoms. The first-order valence-electron chi connectivity index (χ1n) is 4.14. The van der Waals surface area contributed by atoms with Gasteiger partial charge in [0.1, 0.15) is 10.3 Å². The van der Waals surface area contributed by atoms with Crippen molar-refractivity contribution in [2.45, 2.75) is 24.1 Å². The van der Waals surface area contributed by atoms with Crippen molar-refractivity contribution in [3.63, 3.8) is 0 Å². The maximum Gasteiger partial charge on any atom is 0.321 e. The number of hydrogen-bond donors (Lipinski definition) is 2. The number of aryl methyl sites for hydroxylation is 1. The van der Waals surface area contributed by atoms with Crippen molar-refractivity contribution < 1.29 is 18.3 Å². The summed E-state index contributed by atoms with van der Waals surface area (Å²) in [5, 5.41) is 10.2. The van der Waals surface area contributed by atoms with E-state index >= 15 is 0 Å². The topological polar surface area (TPSA) is 83.5 Å². The Morgan fingerprint density at radius 3 is 2.60 bits per heavy atom. The van der Waals surface area contributed by atoms with Crippen LogP contribution in [0, 0.1) is 6.92 Å². The van der Waals surface area contributed by atoms with Crippen LogP contribution in [-0.4, -0.2) is 25.5 Å². The Bertz CT molecular complexity index is 463. The van der Waals surface area contributed by atoms with Gasteiger partial charge >= 0.3 is 5.97 Å². The van der Waals surface area contributed by atoms with Crippen LogP contribution in [0.25, 0.3) is 0 Å². The summed E-state index contributed by atoms with van der Waals surface area (Å²) in [4.78, 5) is 10.5. The van der Waals surface area contributed by atoms with Crippen LogP contribution >= 0.6 is 11.3 Å². The van der Waals surface area contributed by atoms with Gasteiger partial charge in [-0.2, -0.15) is 4.72 Å². The third-order valence-corrected chi connectivity index (χ3v) is 4.99. The number of hydrogen-bond acceptors (Lipinski definition) is 4. The van der Waals surface area contributed by atoms with E-state index in [4.69, 9.17) is 5.11 Å². The second-order valence-electron chi connectivity index (χ2n) is 3.07. The van der Waals surface area contributed by atoms with E-state index in [1.807, 2.05) is 0 Å². The average Bonchev–Trinajstić information content (AvgIpc) is 2.50. The molecule has 15 heavy (non-hydrogen) atoms. The maximum atomic E-state index is 11.7. The van der Waals surface area contributed by atoms with Crippen LogP contribution in [-0.2, 0) is 14.8 Å². The molecule has 1 aromatic rings. The van der Waals surface area contributed by atoms with Gasteiger partial charge in [0.05, 0.1) is 0 Å². The molecule has 0 fully saturated rings. The smallest absolute Gasteiger partial charge is 0.321 e. The molecule has 0 aliphatic heterocycles. The van der Waals surface area contributed by atoms with Gasteiger partial charge in [-0.1, -0.05) is 0 Å². The van der Waals surface area contributed by atoms with Crippen LogP contribution in [0.2, 0.25) is 0 Å². The van der Waals surface area contributed by atoms with Crippen LogP contribution in [0.15, 0.2) is 15.7 Å². The van der Waals surface area contributed by atoms with Gasteiger partial charge in [-0.25, -0.2) is 8.42 Å². The lowest BCUT2D eigenvalue weighted by Crippen LogP contribution is -2.38. The lowest BCUT2D eigenvalue weighted by atomic mass is 10.4. The highest BCUT2D eigenvalue weighted by Crippen LogP contribution is 2.21. The number of carboxylic acids is 1. The maximum absolute atomic E-state index is 11.7. The van der Waals surface area contributed by atoms with Crippen molar-refractivity contribution in [1.82, 2.24) is 4.72 Å². The van der Waals surface area contributed by atoms with Crippen LogP contribution in [0.1, 0.15) is 12.5 Å². The zero-order chi connectivity index (χ0) is 11.6. The first kappa shape index (κ1) is 12.2. The number of sulfonamides is 1. The fourth-order valence-electron chi connectivity index (χ4n) is 0.971. The Balaban J connectivity index is 2.96. The van der Waals surface area contributed by atoms with E-state index < -0.39 is 22.0 Å². The summed E-state index contributed by atoms with van der Waals surface area (Å²) in [6, 6.07) is 0.543. The van der Waals surface area contributed by atoms with E-state index in [0.717, 1.165) is 11.3 Å². The summed E-state index contributed by atoms with van der Waals surface area (Å²) in [6.45, 7) is 2.94. The minimum Gasteiger partial charge on any atom is -0.480 e. The molecule has 1 heterocycles. The average molecular weight is 249 g/mol. The molecule has 2 N–H and O–H groups in total. The van der Waals surface area contributed by atoms with Crippen molar-refractivity contribution >= 4 is 27.3 Å². The molecule has 0 aliphatic rings. The molecule has 1 rings (SSSR count). The second kappa shape index (κ2) is 4.30. The molecular formula is C8H11NO4S2. The van der Waals surface area contributed by atoms with Crippen molar-refractivity contribution in [2.24, 2.45) is 0 Å². The molecular weight excluding hydrogens is 238 g/mol. The summed E-state index contributed by atoms with van der Waals surface area (Å²) in [5.74, 6) is -1.20. The number of carboxylic acid groups (broad SMARTS) is 1. The third-order valence-electron chi connectivity index (χ3n) is 1.76. The van der Waals surface area contributed by atoms with Gasteiger partial charge in [0.15, 0.2) is 0 Å². The molecule has 0 bridgehead atoms. The lowest BCUT2D eigenvalue weighted by Gasteiger charge is -2.09. The van der Waals surface area contributed by atoms with E-state index in [0.29, 0.717) is 5.56 Å².